The number of amides is 2. The standard InChI is InChI=1S/C19H20F2N2O2/c1-4-23(19(25)15-6-5-7-16(20)17(15)21)12-13-8-10-14(11-9-13)18(24)22(2)3/h5-11H,4,12H2,1-3H3. The lowest BCUT2D eigenvalue weighted by molar-refractivity contribution is 0.0745. The molecule has 4 nitrogen and oxygen atoms in total. The van der Waals surface area contributed by atoms with E-state index in [1.807, 2.05) is 0 Å². The van der Waals surface area contributed by atoms with Crippen LogP contribution >= 0.6 is 0 Å². The van der Waals surface area contributed by atoms with Gasteiger partial charge >= 0.3 is 0 Å². The number of hydrogen-bond donors (Lipinski definition) is 0. The normalized spacial score (nSPS) is 10.4. The lowest BCUT2D eigenvalue weighted by Crippen LogP contribution is -2.31. The third-order valence-electron chi connectivity index (χ3n) is 3.83. The van der Waals surface area contributed by atoms with E-state index < -0.39 is 17.5 Å². The Balaban J connectivity index is 2.18. The molecule has 0 saturated heterocycles. The molecule has 0 aromatic heterocycles. The topological polar surface area (TPSA) is 40.6 Å². The Morgan fingerprint density at radius 1 is 0.960 bits per heavy atom. The molecule has 2 aromatic rings. The lowest BCUT2D eigenvalue weighted by atomic mass is 10.1. The van der Waals surface area contributed by atoms with Gasteiger partial charge in [-0.05, 0) is 36.8 Å². The molecule has 0 N–H and O–H groups in total. The summed E-state index contributed by atoms with van der Waals surface area (Å²) >= 11 is 0. The van der Waals surface area contributed by atoms with Crippen molar-refractivity contribution < 1.29 is 18.4 Å². The van der Waals surface area contributed by atoms with Crippen LogP contribution in [0.1, 0.15) is 33.2 Å². The van der Waals surface area contributed by atoms with Gasteiger partial charge in [-0.3, -0.25) is 9.59 Å². The number of benzene rings is 2. The zero-order chi connectivity index (χ0) is 18.6. The van der Waals surface area contributed by atoms with E-state index in [-0.39, 0.29) is 18.0 Å². The number of rotatable bonds is 5. The quantitative estimate of drug-likeness (QED) is 0.833. The Kier molecular flexibility index (Phi) is 5.85. The summed E-state index contributed by atoms with van der Waals surface area (Å²) in [5.74, 6) is -2.88. The first kappa shape index (κ1) is 18.6. The highest BCUT2D eigenvalue weighted by Gasteiger charge is 2.20. The number of halogens is 2. The molecule has 0 aliphatic heterocycles. The van der Waals surface area contributed by atoms with E-state index in [9.17, 15) is 18.4 Å². The lowest BCUT2D eigenvalue weighted by Gasteiger charge is -2.21. The van der Waals surface area contributed by atoms with Crippen molar-refractivity contribution in [1.29, 1.82) is 0 Å². The van der Waals surface area contributed by atoms with Crippen molar-refractivity contribution in [2.75, 3.05) is 20.6 Å². The Morgan fingerprint density at radius 3 is 2.16 bits per heavy atom. The minimum absolute atomic E-state index is 0.114. The van der Waals surface area contributed by atoms with Crippen LogP contribution in [-0.2, 0) is 6.54 Å². The van der Waals surface area contributed by atoms with Crippen molar-refractivity contribution in [2.45, 2.75) is 13.5 Å². The molecular weight excluding hydrogens is 326 g/mol. The maximum Gasteiger partial charge on any atom is 0.257 e. The Labute approximate surface area is 145 Å². The number of carbonyl (C=O) groups is 2. The SMILES string of the molecule is CCN(Cc1ccc(C(=O)N(C)C)cc1)C(=O)c1cccc(F)c1F. The van der Waals surface area contributed by atoms with E-state index >= 15 is 0 Å². The predicted molar refractivity (Wildman–Crippen MR) is 91.2 cm³/mol. The van der Waals surface area contributed by atoms with Gasteiger partial charge in [0.05, 0.1) is 5.56 Å². The van der Waals surface area contributed by atoms with Gasteiger partial charge in [0.2, 0.25) is 0 Å². The zero-order valence-electron chi connectivity index (χ0n) is 14.4. The molecular formula is C19H20F2N2O2. The summed E-state index contributed by atoms with van der Waals surface area (Å²) in [4.78, 5) is 27.3. The largest absolute Gasteiger partial charge is 0.345 e. The zero-order valence-corrected chi connectivity index (χ0v) is 14.4. The Bertz CT molecular complexity index is 773. The fourth-order valence-electron chi connectivity index (χ4n) is 2.40. The molecule has 0 radical (unpaired) electrons. The second-order valence-corrected chi connectivity index (χ2v) is 5.82. The van der Waals surface area contributed by atoms with Gasteiger partial charge in [0.15, 0.2) is 11.6 Å². The number of nitrogens with zero attached hydrogens (tertiary/aromatic N) is 2. The van der Waals surface area contributed by atoms with Gasteiger partial charge in [0.25, 0.3) is 11.8 Å². The molecule has 2 rings (SSSR count). The molecule has 0 heterocycles. The summed E-state index contributed by atoms with van der Waals surface area (Å²) in [5, 5.41) is 0. The minimum atomic E-state index is -1.14. The van der Waals surface area contributed by atoms with Gasteiger partial charge in [0.1, 0.15) is 0 Å². The molecule has 25 heavy (non-hydrogen) atoms. The second kappa shape index (κ2) is 7.88. The van der Waals surface area contributed by atoms with Crippen LogP contribution in [0.3, 0.4) is 0 Å². The van der Waals surface area contributed by atoms with Gasteiger partial charge in [-0.15, -0.1) is 0 Å². The van der Waals surface area contributed by atoms with Crippen LogP contribution in [0.25, 0.3) is 0 Å². The smallest absolute Gasteiger partial charge is 0.257 e. The summed E-state index contributed by atoms with van der Waals surface area (Å²) < 4.78 is 27.2. The third-order valence-corrected chi connectivity index (χ3v) is 3.83. The highest BCUT2D eigenvalue weighted by atomic mass is 19.2. The average Bonchev–Trinajstić information content (AvgIpc) is 2.61. The van der Waals surface area contributed by atoms with Gasteiger partial charge in [-0.2, -0.15) is 0 Å². The molecule has 2 aromatic carbocycles. The van der Waals surface area contributed by atoms with Crippen LogP contribution in [0.4, 0.5) is 8.78 Å². The molecule has 6 heteroatoms. The van der Waals surface area contributed by atoms with E-state index in [2.05, 4.69) is 0 Å². The van der Waals surface area contributed by atoms with Gasteiger partial charge in [-0.25, -0.2) is 8.78 Å². The maximum absolute atomic E-state index is 13.8. The Hall–Kier alpha value is -2.76. The summed E-state index contributed by atoms with van der Waals surface area (Å²) in [6.45, 7) is 2.34. The summed E-state index contributed by atoms with van der Waals surface area (Å²) in [6.07, 6.45) is 0. The van der Waals surface area contributed by atoms with Crippen molar-refractivity contribution in [3.05, 3.63) is 70.8 Å². The van der Waals surface area contributed by atoms with Crippen molar-refractivity contribution in [3.63, 3.8) is 0 Å². The van der Waals surface area contributed by atoms with Crippen molar-refractivity contribution >= 4 is 11.8 Å². The van der Waals surface area contributed by atoms with E-state index in [1.54, 1.807) is 45.3 Å². The number of hydrogen-bond acceptors (Lipinski definition) is 2. The van der Waals surface area contributed by atoms with Crippen LogP contribution in [0.2, 0.25) is 0 Å². The second-order valence-electron chi connectivity index (χ2n) is 5.82. The fourth-order valence-corrected chi connectivity index (χ4v) is 2.40. The molecule has 0 saturated carbocycles. The van der Waals surface area contributed by atoms with Crippen molar-refractivity contribution in [2.24, 2.45) is 0 Å². The van der Waals surface area contributed by atoms with E-state index in [0.29, 0.717) is 12.1 Å². The van der Waals surface area contributed by atoms with Gasteiger partial charge in [0, 0.05) is 32.7 Å². The Morgan fingerprint density at radius 2 is 1.60 bits per heavy atom. The molecule has 0 aliphatic rings. The molecule has 132 valence electrons. The summed E-state index contributed by atoms with van der Waals surface area (Å²) in [7, 11) is 3.34. The van der Waals surface area contributed by atoms with E-state index in [1.165, 1.54) is 21.9 Å². The molecule has 0 spiro atoms. The first-order valence-electron chi connectivity index (χ1n) is 7.89. The highest BCUT2D eigenvalue weighted by Crippen LogP contribution is 2.16. The maximum atomic E-state index is 13.8. The van der Waals surface area contributed by atoms with Crippen LogP contribution in [0.15, 0.2) is 42.5 Å². The molecule has 0 aliphatic carbocycles. The third kappa shape index (κ3) is 4.21. The summed E-state index contributed by atoms with van der Waals surface area (Å²) in [5.41, 5.74) is 1.04. The average molecular weight is 346 g/mol. The molecule has 2 amide bonds. The summed E-state index contributed by atoms with van der Waals surface area (Å²) in [6, 6.07) is 10.4. The van der Waals surface area contributed by atoms with Crippen LogP contribution in [0, 0.1) is 11.6 Å². The first-order chi connectivity index (χ1) is 11.8. The monoisotopic (exact) mass is 346 g/mol. The molecule has 0 bridgehead atoms. The minimum Gasteiger partial charge on any atom is -0.345 e. The highest BCUT2D eigenvalue weighted by molar-refractivity contribution is 5.95. The van der Waals surface area contributed by atoms with Crippen molar-refractivity contribution in [3.8, 4) is 0 Å². The van der Waals surface area contributed by atoms with Crippen LogP contribution in [0.5, 0.6) is 0 Å². The molecule has 0 unspecified atom stereocenters. The molecule has 0 fully saturated rings. The van der Waals surface area contributed by atoms with Crippen LogP contribution in [-0.4, -0.2) is 42.3 Å². The van der Waals surface area contributed by atoms with Crippen LogP contribution < -0.4 is 0 Å². The predicted octanol–water partition coefficient (Wildman–Crippen LogP) is 3.33. The number of carbonyl (C=O) groups excluding carboxylic acids is 2. The van der Waals surface area contributed by atoms with E-state index in [4.69, 9.17) is 0 Å². The fraction of sp³-hybridized carbons (Fsp3) is 0.263. The van der Waals surface area contributed by atoms with E-state index in [0.717, 1.165) is 11.6 Å². The molecule has 0 atom stereocenters. The first-order valence-corrected chi connectivity index (χ1v) is 7.89. The van der Waals surface area contributed by atoms with Gasteiger partial charge in [-0.1, -0.05) is 18.2 Å². The van der Waals surface area contributed by atoms with Crippen molar-refractivity contribution in [1.82, 2.24) is 9.80 Å². The van der Waals surface area contributed by atoms with Gasteiger partial charge < -0.3 is 9.80 Å².